The Labute approximate surface area is 163 Å². The number of hydrogen-bond acceptors (Lipinski definition) is 4. The van der Waals surface area contributed by atoms with Crippen molar-refractivity contribution < 1.29 is 14.7 Å². The van der Waals surface area contributed by atoms with E-state index in [1.165, 1.54) is 0 Å². The SMILES string of the molecule is CCn1cc(C(=O)N2[C@H]3CC[C@@H]2[C@](CC)(C(=O)O)C3)c(=O)c2ccc(C)nc21. The number of carboxylic acid groups (broad SMARTS) is 1. The highest BCUT2D eigenvalue weighted by Gasteiger charge is 2.60. The Morgan fingerprint density at radius 2 is 2.04 bits per heavy atom. The third-order valence-corrected chi connectivity index (χ3v) is 6.66. The molecule has 0 saturated carbocycles. The number of carboxylic acids is 1. The number of aliphatic carboxylic acids is 1. The largest absolute Gasteiger partial charge is 0.481 e. The fourth-order valence-electron chi connectivity index (χ4n) is 5.14. The number of nitrogens with zero attached hydrogens (tertiary/aromatic N) is 3. The molecule has 0 spiro atoms. The smallest absolute Gasteiger partial charge is 0.311 e. The molecule has 7 nitrogen and oxygen atoms in total. The van der Waals surface area contributed by atoms with Crippen LogP contribution in [0.5, 0.6) is 0 Å². The maximum Gasteiger partial charge on any atom is 0.311 e. The van der Waals surface area contributed by atoms with Crippen molar-refractivity contribution in [3.8, 4) is 0 Å². The summed E-state index contributed by atoms with van der Waals surface area (Å²) in [6.45, 7) is 6.25. The van der Waals surface area contributed by atoms with E-state index in [0.29, 0.717) is 36.8 Å². The number of hydrogen-bond donors (Lipinski definition) is 1. The van der Waals surface area contributed by atoms with Crippen LogP contribution >= 0.6 is 0 Å². The van der Waals surface area contributed by atoms with Crippen LogP contribution in [0.2, 0.25) is 0 Å². The Morgan fingerprint density at radius 3 is 2.64 bits per heavy atom. The fourth-order valence-corrected chi connectivity index (χ4v) is 5.14. The molecule has 2 aliphatic rings. The Bertz CT molecular complexity index is 1040. The summed E-state index contributed by atoms with van der Waals surface area (Å²) in [5.41, 5.74) is 0.245. The van der Waals surface area contributed by atoms with E-state index in [0.717, 1.165) is 12.1 Å². The summed E-state index contributed by atoms with van der Waals surface area (Å²) in [6.07, 6.45) is 4.00. The van der Waals surface area contributed by atoms with Crippen LogP contribution in [0.4, 0.5) is 0 Å². The maximum atomic E-state index is 13.4. The van der Waals surface area contributed by atoms with Crippen LogP contribution in [0.1, 0.15) is 55.6 Å². The first kappa shape index (κ1) is 18.7. The molecule has 1 N–H and O–H groups in total. The number of fused-ring (bicyclic) bond motifs is 3. The van der Waals surface area contributed by atoms with Crippen molar-refractivity contribution in [3.05, 3.63) is 39.8 Å². The van der Waals surface area contributed by atoms with E-state index in [2.05, 4.69) is 4.98 Å². The number of pyridine rings is 2. The van der Waals surface area contributed by atoms with Gasteiger partial charge in [-0.1, -0.05) is 6.92 Å². The molecule has 148 valence electrons. The second-order valence-corrected chi connectivity index (χ2v) is 7.96. The summed E-state index contributed by atoms with van der Waals surface area (Å²) in [6, 6.07) is 3.02. The van der Waals surface area contributed by atoms with Crippen molar-refractivity contribution >= 4 is 22.9 Å². The lowest BCUT2D eigenvalue weighted by Gasteiger charge is -2.32. The van der Waals surface area contributed by atoms with E-state index in [9.17, 15) is 19.5 Å². The Balaban J connectivity index is 1.82. The van der Waals surface area contributed by atoms with Gasteiger partial charge < -0.3 is 14.6 Å². The van der Waals surface area contributed by atoms with Crippen LogP contribution in [0, 0.1) is 12.3 Å². The van der Waals surface area contributed by atoms with Gasteiger partial charge in [0.15, 0.2) is 0 Å². The Kier molecular flexibility index (Phi) is 4.28. The summed E-state index contributed by atoms with van der Waals surface area (Å²) in [7, 11) is 0. The standard InChI is InChI=1S/C21H25N3O4/c1-4-21(20(27)28)10-13-7-9-16(21)24(13)19(26)15-11-23(5-2)18-14(17(15)25)8-6-12(3)22-18/h6,8,11,13,16H,4-5,7,9-10H2,1-3H3,(H,27,28)/t13-,16+,21+/m0/s1. The van der Waals surface area contributed by atoms with E-state index < -0.39 is 11.4 Å². The maximum absolute atomic E-state index is 13.4. The highest BCUT2D eigenvalue weighted by molar-refractivity contribution is 5.98. The van der Waals surface area contributed by atoms with Gasteiger partial charge in [0.2, 0.25) is 5.43 Å². The average molecular weight is 383 g/mol. The van der Waals surface area contributed by atoms with Crippen molar-refractivity contribution in [3.63, 3.8) is 0 Å². The average Bonchev–Trinajstić information content (AvgIpc) is 3.24. The summed E-state index contributed by atoms with van der Waals surface area (Å²) >= 11 is 0. The molecule has 28 heavy (non-hydrogen) atoms. The second-order valence-electron chi connectivity index (χ2n) is 7.96. The van der Waals surface area contributed by atoms with Gasteiger partial charge >= 0.3 is 5.97 Å². The van der Waals surface area contributed by atoms with E-state index in [4.69, 9.17) is 0 Å². The topological polar surface area (TPSA) is 92.5 Å². The van der Waals surface area contributed by atoms with Gasteiger partial charge in [-0.05, 0) is 51.7 Å². The minimum Gasteiger partial charge on any atom is -0.481 e. The lowest BCUT2D eigenvalue weighted by molar-refractivity contribution is -0.151. The van der Waals surface area contributed by atoms with Crippen LogP contribution < -0.4 is 5.43 Å². The summed E-state index contributed by atoms with van der Waals surface area (Å²) in [4.78, 5) is 44.7. The van der Waals surface area contributed by atoms with Crippen molar-refractivity contribution in [2.45, 2.75) is 65.1 Å². The highest BCUT2D eigenvalue weighted by Crippen LogP contribution is 2.52. The third kappa shape index (κ3) is 2.41. The predicted octanol–water partition coefficient (Wildman–Crippen LogP) is 2.58. The first-order chi connectivity index (χ1) is 13.3. The quantitative estimate of drug-likeness (QED) is 0.876. The van der Waals surface area contributed by atoms with Crippen LogP contribution in [0.3, 0.4) is 0 Å². The first-order valence-electron chi connectivity index (χ1n) is 9.91. The van der Waals surface area contributed by atoms with Gasteiger partial charge in [-0.2, -0.15) is 0 Å². The number of rotatable bonds is 4. The highest BCUT2D eigenvalue weighted by atomic mass is 16.4. The van der Waals surface area contributed by atoms with E-state index >= 15 is 0 Å². The second kappa shape index (κ2) is 6.43. The van der Waals surface area contributed by atoms with Crippen molar-refractivity contribution in [1.82, 2.24) is 14.5 Å². The van der Waals surface area contributed by atoms with Gasteiger partial charge in [-0.3, -0.25) is 14.4 Å². The zero-order valence-corrected chi connectivity index (χ0v) is 16.4. The van der Waals surface area contributed by atoms with E-state index in [-0.39, 0.29) is 29.0 Å². The van der Waals surface area contributed by atoms with E-state index in [1.807, 2.05) is 25.3 Å². The molecule has 2 saturated heterocycles. The van der Waals surface area contributed by atoms with Crippen LogP contribution in [-0.2, 0) is 11.3 Å². The van der Waals surface area contributed by atoms with Crippen molar-refractivity contribution in [1.29, 1.82) is 0 Å². The van der Waals surface area contributed by atoms with Crippen molar-refractivity contribution in [2.75, 3.05) is 0 Å². The molecule has 2 aromatic rings. The number of carbonyl (C=O) groups excluding carboxylic acids is 1. The summed E-state index contributed by atoms with van der Waals surface area (Å²) in [5, 5.41) is 10.3. The molecule has 0 radical (unpaired) electrons. The zero-order chi connectivity index (χ0) is 20.2. The van der Waals surface area contributed by atoms with Gasteiger partial charge in [-0.15, -0.1) is 0 Å². The number of aromatic nitrogens is 2. The van der Waals surface area contributed by atoms with Crippen molar-refractivity contribution in [2.24, 2.45) is 5.41 Å². The van der Waals surface area contributed by atoms with Gasteiger partial charge in [0.05, 0.1) is 10.8 Å². The van der Waals surface area contributed by atoms with Crippen LogP contribution in [0.25, 0.3) is 11.0 Å². The normalized spacial score (nSPS) is 26.2. The lowest BCUT2D eigenvalue weighted by atomic mass is 9.72. The molecule has 3 atom stereocenters. The Hall–Kier alpha value is -2.70. The van der Waals surface area contributed by atoms with Gasteiger partial charge in [0.25, 0.3) is 5.91 Å². The molecular formula is C21H25N3O4. The molecule has 4 rings (SSSR count). The lowest BCUT2D eigenvalue weighted by Crippen LogP contribution is -2.45. The minimum absolute atomic E-state index is 0.106. The first-order valence-corrected chi connectivity index (χ1v) is 9.91. The Morgan fingerprint density at radius 1 is 1.29 bits per heavy atom. The molecule has 0 aromatic carbocycles. The van der Waals surface area contributed by atoms with Gasteiger partial charge in [-0.25, -0.2) is 4.98 Å². The predicted molar refractivity (Wildman–Crippen MR) is 104 cm³/mol. The summed E-state index contributed by atoms with van der Waals surface area (Å²) < 4.78 is 1.82. The molecule has 2 aliphatic heterocycles. The summed E-state index contributed by atoms with van der Waals surface area (Å²) in [5.74, 6) is -1.19. The van der Waals surface area contributed by atoms with E-state index in [1.54, 1.807) is 23.2 Å². The zero-order valence-electron chi connectivity index (χ0n) is 16.4. The monoisotopic (exact) mass is 383 g/mol. The molecule has 2 bridgehead atoms. The van der Waals surface area contributed by atoms with Gasteiger partial charge in [0.1, 0.15) is 11.2 Å². The molecule has 1 amide bonds. The number of aryl methyl sites for hydroxylation is 2. The minimum atomic E-state index is -0.905. The van der Waals surface area contributed by atoms with Gasteiger partial charge in [0, 0.05) is 30.5 Å². The fraction of sp³-hybridized carbons (Fsp3) is 0.524. The van der Waals surface area contributed by atoms with Crippen LogP contribution in [-0.4, -0.2) is 43.5 Å². The molecule has 2 aromatic heterocycles. The molecular weight excluding hydrogens is 358 g/mol. The molecule has 7 heteroatoms. The molecule has 4 heterocycles. The number of amides is 1. The number of carbonyl (C=O) groups is 2. The molecule has 0 aliphatic carbocycles. The van der Waals surface area contributed by atoms with Crippen LogP contribution in [0.15, 0.2) is 23.1 Å². The molecule has 0 unspecified atom stereocenters. The molecule has 2 fully saturated rings. The third-order valence-electron chi connectivity index (χ3n) is 6.66.